The maximum absolute atomic E-state index is 12.9. The first-order chi connectivity index (χ1) is 18.7. The van der Waals surface area contributed by atoms with Gasteiger partial charge >= 0.3 is 5.97 Å². The van der Waals surface area contributed by atoms with Crippen molar-refractivity contribution in [3.05, 3.63) is 83.2 Å². The van der Waals surface area contributed by atoms with Gasteiger partial charge in [-0.15, -0.1) is 0 Å². The van der Waals surface area contributed by atoms with Gasteiger partial charge in [-0.25, -0.2) is 9.78 Å². The van der Waals surface area contributed by atoms with E-state index in [1.54, 1.807) is 7.11 Å². The molecule has 3 aromatic carbocycles. The molecule has 4 aromatic rings. The standard InChI is InChI=1S/C33H40N2O4/c1-7-8-13-29-34-30-23(2)14-19-28(38-21-20-37-6)31(30)35(29)22-24-15-17-25(18-16-24)26-11-9-10-12-27(26)32(36)39-33(3,4)5/h9-12,14-19H,7-8,13,20-22H2,1-6H3. The van der Waals surface area contributed by atoms with Gasteiger partial charge in [0.1, 0.15) is 29.3 Å². The van der Waals surface area contributed by atoms with E-state index >= 15 is 0 Å². The number of carbonyl (C=O) groups excluding carboxylic acids is 1. The Morgan fingerprint density at radius 3 is 2.41 bits per heavy atom. The van der Waals surface area contributed by atoms with Crippen molar-refractivity contribution in [3.8, 4) is 16.9 Å². The molecule has 6 heteroatoms. The summed E-state index contributed by atoms with van der Waals surface area (Å²) in [4.78, 5) is 17.9. The van der Waals surface area contributed by atoms with Crippen molar-refractivity contribution < 1.29 is 19.0 Å². The first-order valence-electron chi connectivity index (χ1n) is 13.7. The smallest absolute Gasteiger partial charge is 0.339 e. The number of nitrogens with zero attached hydrogens (tertiary/aromatic N) is 2. The molecule has 0 N–H and O–H groups in total. The molecule has 1 aromatic heterocycles. The van der Waals surface area contributed by atoms with Crippen LogP contribution in [0.25, 0.3) is 22.2 Å². The molecular formula is C33H40N2O4. The summed E-state index contributed by atoms with van der Waals surface area (Å²) in [5.74, 6) is 1.58. The monoisotopic (exact) mass is 528 g/mol. The number of rotatable bonds is 11. The van der Waals surface area contributed by atoms with Crippen LogP contribution in [0.2, 0.25) is 0 Å². The maximum atomic E-state index is 12.9. The third-order valence-electron chi connectivity index (χ3n) is 6.59. The first-order valence-corrected chi connectivity index (χ1v) is 13.7. The Labute approximate surface area is 231 Å². The average Bonchev–Trinajstić information content (AvgIpc) is 3.27. The minimum atomic E-state index is -0.554. The summed E-state index contributed by atoms with van der Waals surface area (Å²) in [6.07, 6.45) is 3.08. The molecule has 0 fully saturated rings. The lowest BCUT2D eigenvalue weighted by Gasteiger charge is -2.20. The van der Waals surface area contributed by atoms with Gasteiger partial charge < -0.3 is 18.8 Å². The highest BCUT2D eigenvalue weighted by atomic mass is 16.6. The first kappa shape index (κ1) is 28.4. The molecule has 0 atom stereocenters. The van der Waals surface area contributed by atoms with Crippen LogP contribution >= 0.6 is 0 Å². The van der Waals surface area contributed by atoms with Crippen LogP contribution in [-0.2, 0) is 22.4 Å². The van der Waals surface area contributed by atoms with Gasteiger partial charge in [-0.05, 0) is 68.5 Å². The Hall–Kier alpha value is -3.64. The molecule has 0 aliphatic heterocycles. The van der Waals surface area contributed by atoms with Crippen molar-refractivity contribution in [2.75, 3.05) is 20.3 Å². The molecule has 39 heavy (non-hydrogen) atoms. The summed E-state index contributed by atoms with van der Waals surface area (Å²) in [7, 11) is 1.68. The van der Waals surface area contributed by atoms with Crippen molar-refractivity contribution in [2.24, 2.45) is 0 Å². The van der Waals surface area contributed by atoms with E-state index in [0.717, 1.165) is 64.1 Å². The van der Waals surface area contributed by atoms with Crippen molar-refractivity contribution in [2.45, 2.75) is 66.0 Å². The minimum absolute atomic E-state index is 0.316. The van der Waals surface area contributed by atoms with Crippen molar-refractivity contribution >= 4 is 17.0 Å². The summed E-state index contributed by atoms with van der Waals surface area (Å²) >= 11 is 0. The number of unbranched alkanes of at least 4 members (excludes halogenated alkanes) is 1. The lowest BCUT2D eigenvalue weighted by atomic mass is 9.98. The van der Waals surface area contributed by atoms with Gasteiger partial charge in [-0.2, -0.15) is 0 Å². The van der Waals surface area contributed by atoms with Gasteiger partial charge in [0.15, 0.2) is 0 Å². The Bertz CT molecular complexity index is 1410. The van der Waals surface area contributed by atoms with Gasteiger partial charge in [0.25, 0.3) is 0 Å². The number of ether oxygens (including phenoxy) is 3. The Balaban J connectivity index is 1.68. The largest absolute Gasteiger partial charge is 0.489 e. The molecule has 0 aliphatic rings. The van der Waals surface area contributed by atoms with Crippen LogP contribution in [-0.4, -0.2) is 41.4 Å². The molecule has 0 saturated carbocycles. The number of imidazole rings is 1. The highest BCUT2D eigenvalue weighted by Gasteiger charge is 2.21. The highest BCUT2D eigenvalue weighted by molar-refractivity contribution is 5.97. The SMILES string of the molecule is CCCCc1nc2c(C)ccc(OCCOC)c2n1Cc1ccc(-c2ccccc2C(=O)OC(C)(C)C)cc1. The fourth-order valence-corrected chi connectivity index (χ4v) is 4.65. The van der Waals surface area contributed by atoms with Crippen LogP contribution in [0.15, 0.2) is 60.7 Å². The van der Waals surface area contributed by atoms with E-state index in [1.807, 2.05) is 51.1 Å². The summed E-state index contributed by atoms with van der Waals surface area (Å²) in [5.41, 5.74) is 6.14. The van der Waals surface area contributed by atoms with Gasteiger partial charge in [-0.1, -0.05) is 61.9 Å². The quantitative estimate of drug-likeness (QED) is 0.150. The van der Waals surface area contributed by atoms with Crippen LogP contribution in [0.5, 0.6) is 5.75 Å². The number of fused-ring (bicyclic) bond motifs is 1. The third-order valence-corrected chi connectivity index (χ3v) is 6.59. The fourth-order valence-electron chi connectivity index (χ4n) is 4.65. The van der Waals surface area contributed by atoms with Crippen LogP contribution in [0.1, 0.15) is 67.8 Å². The molecule has 0 aliphatic carbocycles. The predicted molar refractivity (Wildman–Crippen MR) is 157 cm³/mol. The summed E-state index contributed by atoms with van der Waals surface area (Å²) in [6.45, 7) is 11.6. The maximum Gasteiger partial charge on any atom is 0.339 e. The normalized spacial score (nSPS) is 11.6. The van der Waals surface area contributed by atoms with E-state index in [1.165, 1.54) is 0 Å². The van der Waals surface area contributed by atoms with Crippen LogP contribution in [0, 0.1) is 6.92 Å². The van der Waals surface area contributed by atoms with E-state index in [0.29, 0.717) is 25.3 Å². The number of benzene rings is 3. The molecule has 206 valence electrons. The second-order valence-corrected chi connectivity index (χ2v) is 10.9. The number of aromatic nitrogens is 2. The average molecular weight is 529 g/mol. The fraction of sp³-hybridized carbons (Fsp3) is 0.394. The number of esters is 1. The summed E-state index contributed by atoms with van der Waals surface area (Å²) in [5, 5.41) is 0. The second kappa shape index (κ2) is 12.5. The molecule has 0 amide bonds. The number of hydrogen-bond donors (Lipinski definition) is 0. The van der Waals surface area contributed by atoms with Gasteiger partial charge in [0.05, 0.1) is 17.7 Å². The molecule has 0 bridgehead atoms. The molecule has 4 rings (SSSR count). The Kier molecular flexibility index (Phi) is 9.08. The van der Waals surface area contributed by atoms with Crippen molar-refractivity contribution in [3.63, 3.8) is 0 Å². The lowest BCUT2D eigenvalue weighted by molar-refractivity contribution is 0.00704. The zero-order valence-electron chi connectivity index (χ0n) is 24.0. The zero-order chi connectivity index (χ0) is 28.0. The molecule has 0 unspecified atom stereocenters. The van der Waals surface area contributed by atoms with Gasteiger partial charge in [0.2, 0.25) is 0 Å². The number of carbonyl (C=O) groups is 1. The minimum Gasteiger partial charge on any atom is -0.489 e. The van der Waals surface area contributed by atoms with Crippen molar-refractivity contribution in [1.82, 2.24) is 9.55 Å². The lowest BCUT2D eigenvalue weighted by Crippen LogP contribution is -2.24. The number of methoxy groups -OCH3 is 1. The van der Waals surface area contributed by atoms with Crippen LogP contribution in [0.4, 0.5) is 0 Å². The Morgan fingerprint density at radius 1 is 0.974 bits per heavy atom. The van der Waals surface area contributed by atoms with E-state index in [4.69, 9.17) is 19.2 Å². The molecule has 1 heterocycles. The van der Waals surface area contributed by atoms with E-state index in [-0.39, 0.29) is 5.97 Å². The Morgan fingerprint density at radius 2 is 1.72 bits per heavy atom. The van der Waals surface area contributed by atoms with Gasteiger partial charge in [0, 0.05) is 20.1 Å². The third kappa shape index (κ3) is 6.87. The van der Waals surface area contributed by atoms with Crippen molar-refractivity contribution in [1.29, 1.82) is 0 Å². The number of hydrogen-bond acceptors (Lipinski definition) is 5. The summed E-state index contributed by atoms with van der Waals surface area (Å²) < 4.78 is 19.3. The molecule has 6 nitrogen and oxygen atoms in total. The molecule has 0 saturated heterocycles. The summed E-state index contributed by atoms with van der Waals surface area (Å²) in [6, 6.07) is 20.1. The topological polar surface area (TPSA) is 62.6 Å². The molecular weight excluding hydrogens is 488 g/mol. The molecule has 0 radical (unpaired) electrons. The van der Waals surface area contributed by atoms with E-state index in [2.05, 4.69) is 48.7 Å². The zero-order valence-corrected chi connectivity index (χ0v) is 24.0. The second-order valence-electron chi connectivity index (χ2n) is 10.9. The molecule has 0 spiro atoms. The van der Waals surface area contributed by atoms with Gasteiger partial charge in [-0.3, -0.25) is 0 Å². The highest BCUT2D eigenvalue weighted by Crippen LogP contribution is 2.32. The van der Waals surface area contributed by atoms with Crippen LogP contribution in [0.3, 0.4) is 0 Å². The number of aryl methyl sites for hydroxylation is 2. The van der Waals surface area contributed by atoms with E-state index in [9.17, 15) is 4.79 Å². The van der Waals surface area contributed by atoms with E-state index < -0.39 is 5.60 Å². The predicted octanol–water partition coefficient (Wildman–Crippen LogP) is 7.38. The van der Waals surface area contributed by atoms with Crippen LogP contribution < -0.4 is 4.74 Å².